The molecule has 0 aliphatic carbocycles. The lowest BCUT2D eigenvalue weighted by Gasteiger charge is -2.29. The van der Waals surface area contributed by atoms with Crippen molar-refractivity contribution in [1.29, 1.82) is 0 Å². The van der Waals surface area contributed by atoms with E-state index in [4.69, 9.17) is 11.6 Å². The van der Waals surface area contributed by atoms with E-state index in [0.717, 1.165) is 5.56 Å². The van der Waals surface area contributed by atoms with Crippen LogP contribution in [-0.4, -0.2) is 29.3 Å². The molecule has 0 radical (unpaired) electrons. The van der Waals surface area contributed by atoms with E-state index in [1.807, 2.05) is 26.0 Å². The Bertz CT molecular complexity index is 808. The molecule has 1 atom stereocenters. The Balaban J connectivity index is 2.21. The number of carbonyl (C=O) groups is 2. The highest BCUT2D eigenvalue weighted by atomic mass is 35.5. The Labute approximate surface area is 170 Å². The molecule has 2 aromatic carbocycles. The fraction of sp³-hybridized carbons (Fsp3) is 0.364. The average Bonchev–Trinajstić information content (AvgIpc) is 2.66. The van der Waals surface area contributed by atoms with Crippen molar-refractivity contribution in [2.45, 2.75) is 39.8 Å². The molecular formula is C22H26ClFN2O2. The molecule has 0 bridgehead atoms. The summed E-state index contributed by atoms with van der Waals surface area (Å²) in [6.07, 6.45) is -0.109. The highest BCUT2D eigenvalue weighted by Crippen LogP contribution is 2.16. The SMILES string of the molecule is CC(C)CNC(=O)[C@@H](C)N(Cc1ccc(Cl)cc1)C(=O)Cc1ccccc1F. The van der Waals surface area contributed by atoms with E-state index in [1.54, 1.807) is 37.3 Å². The van der Waals surface area contributed by atoms with Crippen LogP contribution in [-0.2, 0) is 22.6 Å². The van der Waals surface area contributed by atoms with Crippen molar-refractivity contribution in [3.8, 4) is 0 Å². The first-order valence-corrected chi connectivity index (χ1v) is 9.70. The van der Waals surface area contributed by atoms with E-state index in [-0.39, 0.29) is 24.8 Å². The van der Waals surface area contributed by atoms with Gasteiger partial charge in [0.15, 0.2) is 0 Å². The smallest absolute Gasteiger partial charge is 0.242 e. The van der Waals surface area contributed by atoms with Crippen molar-refractivity contribution in [1.82, 2.24) is 10.2 Å². The lowest BCUT2D eigenvalue weighted by Crippen LogP contribution is -2.48. The van der Waals surface area contributed by atoms with Crippen molar-refractivity contribution in [3.05, 3.63) is 70.5 Å². The van der Waals surface area contributed by atoms with Gasteiger partial charge in [0, 0.05) is 18.1 Å². The van der Waals surface area contributed by atoms with Crippen molar-refractivity contribution in [2.75, 3.05) is 6.54 Å². The van der Waals surface area contributed by atoms with Gasteiger partial charge < -0.3 is 10.2 Å². The molecule has 2 aromatic rings. The molecule has 28 heavy (non-hydrogen) atoms. The van der Waals surface area contributed by atoms with Crippen molar-refractivity contribution in [3.63, 3.8) is 0 Å². The van der Waals surface area contributed by atoms with Gasteiger partial charge in [-0.3, -0.25) is 9.59 Å². The van der Waals surface area contributed by atoms with Gasteiger partial charge in [0.1, 0.15) is 11.9 Å². The van der Waals surface area contributed by atoms with E-state index < -0.39 is 11.9 Å². The number of rotatable bonds is 8. The molecule has 6 heteroatoms. The molecule has 150 valence electrons. The van der Waals surface area contributed by atoms with E-state index >= 15 is 0 Å². The maximum atomic E-state index is 14.0. The number of amides is 2. The maximum Gasteiger partial charge on any atom is 0.242 e. The van der Waals surface area contributed by atoms with Gasteiger partial charge in [-0.05, 0) is 42.2 Å². The molecule has 0 fully saturated rings. The van der Waals surface area contributed by atoms with Gasteiger partial charge in [-0.25, -0.2) is 4.39 Å². The van der Waals surface area contributed by atoms with Gasteiger partial charge in [0.05, 0.1) is 6.42 Å². The molecule has 0 unspecified atom stereocenters. The second kappa shape index (κ2) is 10.2. The average molecular weight is 405 g/mol. The summed E-state index contributed by atoms with van der Waals surface area (Å²) in [5, 5.41) is 3.45. The molecule has 0 saturated heterocycles. The van der Waals surface area contributed by atoms with Crippen LogP contribution >= 0.6 is 11.6 Å². The van der Waals surface area contributed by atoms with Crippen LogP contribution in [0.25, 0.3) is 0 Å². The molecule has 0 aromatic heterocycles. The zero-order chi connectivity index (χ0) is 20.7. The largest absolute Gasteiger partial charge is 0.354 e. The Kier molecular flexibility index (Phi) is 8.00. The van der Waals surface area contributed by atoms with E-state index in [9.17, 15) is 14.0 Å². The van der Waals surface area contributed by atoms with Gasteiger partial charge in [0.2, 0.25) is 11.8 Å². The predicted molar refractivity (Wildman–Crippen MR) is 109 cm³/mol. The number of nitrogens with one attached hydrogen (secondary N) is 1. The van der Waals surface area contributed by atoms with Gasteiger partial charge in [-0.2, -0.15) is 0 Å². The van der Waals surface area contributed by atoms with Crippen molar-refractivity contribution >= 4 is 23.4 Å². The first kappa shape index (κ1) is 21.9. The Hall–Kier alpha value is -2.40. The molecular weight excluding hydrogens is 379 g/mol. The fourth-order valence-electron chi connectivity index (χ4n) is 2.73. The minimum Gasteiger partial charge on any atom is -0.354 e. The second-order valence-electron chi connectivity index (χ2n) is 7.23. The third-order valence-corrected chi connectivity index (χ3v) is 4.67. The molecule has 1 N–H and O–H groups in total. The zero-order valence-electron chi connectivity index (χ0n) is 16.4. The van der Waals surface area contributed by atoms with Gasteiger partial charge in [0.25, 0.3) is 0 Å². The molecule has 0 aliphatic heterocycles. The van der Waals surface area contributed by atoms with Crippen LogP contribution in [0.1, 0.15) is 31.9 Å². The molecule has 0 spiro atoms. The van der Waals surface area contributed by atoms with E-state index in [1.165, 1.54) is 11.0 Å². The van der Waals surface area contributed by atoms with Crippen LogP contribution < -0.4 is 5.32 Å². The third-order valence-electron chi connectivity index (χ3n) is 4.42. The summed E-state index contributed by atoms with van der Waals surface area (Å²) in [7, 11) is 0. The number of hydrogen-bond donors (Lipinski definition) is 1. The topological polar surface area (TPSA) is 49.4 Å². The quantitative estimate of drug-likeness (QED) is 0.716. The maximum absolute atomic E-state index is 14.0. The minimum atomic E-state index is -0.686. The van der Waals surface area contributed by atoms with Crippen LogP contribution in [0.5, 0.6) is 0 Å². The van der Waals surface area contributed by atoms with Crippen LogP contribution in [0, 0.1) is 11.7 Å². The summed E-state index contributed by atoms with van der Waals surface area (Å²) in [4.78, 5) is 27.0. The number of carbonyl (C=O) groups excluding carboxylic acids is 2. The molecule has 2 amide bonds. The predicted octanol–water partition coefficient (Wildman–Crippen LogP) is 4.21. The number of halogens is 2. The van der Waals surface area contributed by atoms with Crippen LogP contribution in [0.2, 0.25) is 5.02 Å². The number of hydrogen-bond acceptors (Lipinski definition) is 2. The van der Waals surface area contributed by atoms with Crippen molar-refractivity contribution in [2.24, 2.45) is 5.92 Å². The lowest BCUT2D eigenvalue weighted by molar-refractivity contribution is -0.140. The fourth-order valence-corrected chi connectivity index (χ4v) is 2.85. The lowest BCUT2D eigenvalue weighted by atomic mass is 10.1. The van der Waals surface area contributed by atoms with E-state index in [2.05, 4.69) is 5.32 Å². The summed E-state index contributed by atoms with van der Waals surface area (Å²) >= 11 is 5.93. The normalized spacial score (nSPS) is 11.9. The minimum absolute atomic E-state index is 0.109. The number of benzene rings is 2. The van der Waals surface area contributed by atoms with Crippen LogP contribution in [0.4, 0.5) is 4.39 Å². The first-order chi connectivity index (χ1) is 13.3. The first-order valence-electron chi connectivity index (χ1n) is 9.33. The van der Waals surface area contributed by atoms with Crippen molar-refractivity contribution < 1.29 is 14.0 Å². The van der Waals surface area contributed by atoms with Gasteiger partial charge in [-0.15, -0.1) is 0 Å². The molecule has 4 nitrogen and oxygen atoms in total. The molecule has 2 rings (SSSR count). The molecule has 0 heterocycles. The second-order valence-corrected chi connectivity index (χ2v) is 7.67. The molecule has 0 aliphatic rings. The Morgan fingerprint density at radius 3 is 2.32 bits per heavy atom. The van der Waals surface area contributed by atoms with Crippen LogP contribution in [0.3, 0.4) is 0 Å². The van der Waals surface area contributed by atoms with Gasteiger partial charge in [-0.1, -0.05) is 55.8 Å². The Morgan fingerprint density at radius 1 is 1.07 bits per heavy atom. The summed E-state index contributed by atoms with van der Waals surface area (Å²) in [5.41, 5.74) is 1.15. The number of nitrogens with zero attached hydrogens (tertiary/aromatic N) is 1. The standard InChI is InChI=1S/C22H26ClFN2O2/c1-15(2)13-25-22(28)16(3)26(14-17-8-10-19(23)11-9-17)21(27)12-18-6-4-5-7-20(18)24/h4-11,15-16H,12-14H2,1-3H3,(H,25,28)/t16-/m1/s1. The monoisotopic (exact) mass is 404 g/mol. The molecule has 0 saturated carbocycles. The van der Waals surface area contributed by atoms with E-state index in [0.29, 0.717) is 23.0 Å². The van der Waals surface area contributed by atoms with Crippen LogP contribution in [0.15, 0.2) is 48.5 Å². The summed E-state index contributed by atoms with van der Waals surface area (Å²) in [6, 6.07) is 12.6. The summed E-state index contributed by atoms with van der Waals surface area (Å²) in [5.74, 6) is -0.675. The highest BCUT2D eigenvalue weighted by molar-refractivity contribution is 6.30. The third kappa shape index (κ3) is 6.34. The summed E-state index contributed by atoms with van der Waals surface area (Å²) < 4.78 is 14.0. The zero-order valence-corrected chi connectivity index (χ0v) is 17.2. The van der Waals surface area contributed by atoms with Gasteiger partial charge >= 0.3 is 0 Å². The summed E-state index contributed by atoms with van der Waals surface area (Å²) in [6.45, 7) is 6.45. The highest BCUT2D eigenvalue weighted by Gasteiger charge is 2.26. The Morgan fingerprint density at radius 2 is 1.71 bits per heavy atom.